The van der Waals surface area contributed by atoms with Gasteiger partial charge in [-0.3, -0.25) is 0 Å². The molecule has 0 unspecified atom stereocenters. The van der Waals surface area contributed by atoms with Gasteiger partial charge in [0.25, 0.3) is 0 Å². The number of aliphatic hydroxyl groups is 1. The maximum atomic E-state index is 10.5. The lowest BCUT2D eigenvalue weighted by Crippen LogP contribution is -2.11. The molecule has 0 spiro atoms. The average Bonchev–Trinajstić information content (AvgIpc) is 3.23. The first-order valence-electron chi connectivity index (χ1n) is 10.1. The third kappa shape index (κ3) is 4.95. The molecule has 0 bridgehead atoms. The topological polar surface area (TPSA) is 103 Å². The summed E-state index contributed by atoms with van der Waals surface area (Å²) in [4.78, 5) is 4.78. The van der Waals surface area contributed by atoms with Crippen LogP contribution in [0.1, 0.15) is 0 Å². The minimum absolute atomic E-state index is 0.000591. The molecular formula is C23H22N4O5. The lowest BCUT2D eigenvalue weighted by atomic mass is 10.1. The highest BCUT2D eigenvalue weighted by molar-refractivity contribution is 5.88. The number of ether oxygens (including phenoxy) is 3. The zero-order valence-corrected chi connectivity index (χ0v) is 17.3. The molecule has 164 valence electrons. The van der Waals surface area contributed by atoms with E-state index in [1.807, 2.05) is 18.2 Å². The number of benzene rings is 3. The van der Waals surface area contributed by atoms with Gasteiger partial charge in [-0.15, -0.1) is 15.0 Å². The fourth-order valence-electron chi connectivity index (χ4n) is 3.19. The summed E-state index contributed by atoms with van der Waals surface area (Å²) in [6, 6.07) is 14.1. The van der Waals surface area contributed by atoms with E-state index in [1.54, 1.807) is 30.3 Å². The maximum absolute atomic E-state index is 10.5. The number of aromatic hydroxyl groups is 1. The molecular weight excluding hydrogens is 412 g/mol. The summed E-state index contributed by atoms with van der Waals surface area (Å²) >= 11 is 0. The van der Waals surface area contributed by atoms with Crippen LogP contribution in [0.2, 0.25) is 0 Å². The Kier molecular flexibility index (Phi) is 6.77. The number of fused-ring (bicyclic) bond motifs is 2. The second kappa shape index (κ2) is 10.1. The van der Waals surface area contributed by atoms with Crippen LogP contribution in [0.15, 0.2) is 48.5 Å². The molecule has 0 atom stereocenters. The van der Waals surface area contributed by atoms with Gasteiger partial charge >= 0.3 is 0 Å². The second-order valence-corrected chi connectivity index (χ2v) is 6.92. The number of aliphatic hydroxyl groups excluding tert-OH is 1. The summed E-state index contributed by atoms with van der Waals surface area (Å²) in [5, 5.41) is 29.7. The Hall–Kier alpha value is -3.71. The Balaban J connectivity index is 1.47. The Labute approximate surface area is 184 Å². The molecule has 0 aliphatic heterocycles. The van der Waals surface area contributed by atoms with Gasteiger partial charge in [0.2, 0.25) is 0 Å². The third-order valence-corrected chi connectivity index (χ3v) is 4.72. The Morgan fingerprint density at radius 3 is 2.44 bits per heavy atom. The number of phenols is 1. The highest BCUT2D eigenvalue weighted by Crippen LogP contribution is 2.30. The van der Waals surface area contributed by atoms with E-state index in [4.69, 9.17) is 25.9 Å². The van der Waals surface area contributed by atoms with E-state index in [0.29, 0.717) is 61.2 Å². The van der Waals surface area contributed by atoms with Crippen LogP contribution in [0.3, 0.4) is 0 Å². The van der Waals surface area contributed by atoms with Gasteiger partial charge in [-0.1, -0.05) is 12.1 Å². The number of nitrogens with zero attached hydrogens (tertiary/aromatic N) is 4. The van der Waals surface area contributed by atoms with Crippen LogP contribution in [0.5, 0.6) is 11.5 Å². The van der Waals surface area contributed by atoms with Crippen LogP contribution in [0.4, 0.5) is 5.69 Å². The smallest absolute Gasteiger partial charge is 0.189 e. The van der Waals surface area contributed by atoms with Gasteiger partial charge in [0.1, 0.15) is 34.8 Å². The fourth-order valence-corrected chi connectivity index (χ4v) is 3.19. The van der Waals surface area contributed by atoms with Crippen LogP contribution in [0, 0.1) is 6.57 Å². The van der Waals surface area contributed by atoms with Crippen LogP contribution in [-0.4, -0.2) is 64.8 Å². The predicted molar refractivity (Wildman–Crippen MR) is 119 cm³/mol. The van der Waals surface area contributed by atoms with E-state index in [9.17, 15) is 5.11 Å². The van der Waals surface area contributed by atoms with Gasteiger partial charge in [0.05, 0.1) is 39.6 Å². The van der Waals surface area contributed by atoms with Gasteiger partial charge < -0.3 is 24.4 Å². The quantitative estimate of drug-likeness (QED) is 0.292. The van der Waals surface area contributed by atoms with E-state index in [2.05, 4.69) is 15.0 Å². The van der Waals surface area contributed by atoms with Crippen LogP contribution in [-0.2, 0) is 9.47 Å². The Bertz CT molecular complexity index is 1260. The molecule has 9 heteroatoms. The SMILES string of the molecule is [C-]#[N+]c1ccc2nn(-c3cc4cc(OCCOCCOCCO)ccc4cc3O)nc2c1. The standard InChI is InChI=1S/C23H22N4O5/c1-24-18-3-5-20-21(15-18)26-27(25-20)22-13-17-12-19(4-2-16(17)14-23(22)29)32-11-10-31-9-8-30-7-6-28/h2-5,12-15,28-29H,6-11H2. The van der Waals surface area contributed by atoms with E-state index in [0.717, 1.165) is 10.8 Å². The summed E-state index contributed by atoms with van der Waals surface area (Å²) in [7, 11) is 0. The van der Waals surface area contributed by atoms with E-state index in [-0.39, 0.29) is 12.4 Å². The molecule has 2 N–H and O–H groups in total. The van der Waals surface area contributed by atoms with Gasteiger partial charge in [-0.05, 0) is 47.2 Å². The van der Waals surface area contributed by atoms with Gasteiger partial charge in [-0.2, -0.15) is 0 Å². The van der Waals surface area contributed by atoms with Crippen molar-refractivity contribution in [1.82, 2.24) is 15.0 Å². The molecule has 3 aromatic carbocycles. The van der Waals surface area contributed by atoms with Crippen LogP contribution >= 0.6 is 0 Å². The fraction of sp³-hybridized carbons (Fsp3) is 0.261. The van der Waals surface area contributed by atoms with Crippen molar-refractivity contribution in [2.24, 2.45) is 0 Å². The lowest BCUT2D eigenvalue weighted by molar-refractivity contribution is 0.0247. The molecule has 0 aliphatic carbocycles. The van der Waals surface area contributed by atoms with Crippen LogP contribution in [0.25, 0.3) is 32.3 Å². The number of rotatable bonds is 10. The van der Waals surface area contributed by atoms with Crippen molar-refractivity contribution < 1.29 is 24.4 Å². The van der Waals surface area contributed by atoms with Gasteiger partial charge in [-0.25, -0.2) is 4.85 Å². The Morgan fingerprint density at radius 2 is 1.62 bits per heavy atom. The molecule has 0 saturated heterocycles. The highest BCUT2D eigenvalue weighted by atomic mass is 16.5. The monoisotopic (exact) mass is 434 g/mol. The number of hydrogen-bond acceptors (Lipinski definition) is 7. The average molecular weight is 434 g/mol. The summed E-state index contributed by atoms with van der Waals surface area (Å²) < 4.78 is 16.3. The van der Waals surface area contributed by atoms with Crippen molar-refractivity contribution >= 4 is 27.5 Å². The lowest BCUT2D eigenvalue weighted by Gasteiger charge is -2.10. The minimum Gasteiger partial charge on any atom is -0.506 e. The van der Waals surface area contributed by atoms with Crippen molar-refractivity contribution in [2.45, 2.75) is 0 Å². The Morgan fingerprint density at radius 1 is 0.844 bits per heavy atom. The van der Waals surface area contributed by atoms with Crippen molar-refractivity contribution in [3.05, 3.63) is 59.9 Å². The number of phenolic OH excluding ortho intramolecular Hbond substituents is 1. The molecule has 32 heavy (non-hydrogen) atoms. The molecule has 0 saturated carbocycles. The van der Waals surface area contributed by atoms with Crippen molar-refractivity contribution in [3.8, 4) is 17.2 Å². The maximum Gasteiger partial charge on any atom is 0.189 e. The van der Waals surface area contributed by atoms with E-state index in [1.165, 1.54) is 4.80 Å². The molecule has 1 heterocycles. The normalized spacial score (nSPS) is 11.1. The summed E-state index contributed by atoms with van der Waals surface area (Å²) in [5.74, 6) is 0.725. The van der Waals surface area contributed by atoms with Crippen molar-refractivity contribution in [1.29, 1.82) is 0 Å². The molecule has 4 rings (SSSR count). The molecule has 0 amide bonds. The minimum atomic E-state index is 0.000591. The third-order valence-electron chi connectivity index (χ3n) is 4.72. The van der Waals surface area contributed by atoms with E-state index < -0.39 is 0 Å². The summed E-state index contributed by atoms with van der Waals surface area (Å²) in [5.41, 5.74) is 2.13. The molecule has 0 aliphatic rings. The molecule has 0 fully saturated rings. The van der Waals surface area contributed by atoms with Crippen LogP contribution < -0.4 is 4.74 Å². The summed E-state index contributed by atoms with van der Waals surface area (Å²) in [6.07, 6.45) is 0. The first-order valence-corrected chi connectivity index (χ1v) is 10.1. The predicted octanol–water partition coefficient (Wildman–Crippen LogP) is 3.23. The molecule has 4 aromatic rings. The molecule has 1 aromatic heterocycles. The zero-order chi connectivity index (χ0) is 22.3. The molecule has 0 radical (unpaired) electrons. The van der Waals surface area contributed by atoms with Crippen molar-refractivity contribution in [2.75, 3.05) is 39.6 Å². The zero-order valence-electron chi connectivity index (χ0n) is 17.3. The highest BCUT2D eigenvalue weighted by Gasteiger charge is 2.11. The number of hydrogen-bond donors (Lipinski definition) is 2. The van der Waals surface area contributed by atoms with Crippen molar-refractivity contribution in [3.63, 3.8) is 0 Å². The van der Waals surface area contributed by atoms with E-state index >= 15 is 0 Å². The largest absolute Gasteiger partial charge is 0.506 e. The van der Waals surface area contributed by atoms with Gasteiger partial charge in [0, 0.05) is 0 Å². The number of aromatic nitrogens is 3. The first-order chi connectivity index (χ1) is 15.7. The molecule has 9 nitrogen and oxygen atoms in total. The first kappa shape index (κ1) is 21.5. The van der Waals surface area contributed by atoms with Gasteiger partial charge in [0.15, 0.2) is 5.69 Å². The second-order valence-electron chi connectivity index (χ2n) is 6.92. The summed E-state index contributed by atoms with van der Waals surface area (Å²) in [6.45, 7) is 9.10.